The molecule has 3 heteroatoms. The Morgan fingerprint density at radius 1 is 1.78 bits per heavy atom. The van der Waals surface area contributed by atoms with Crippen LogP contribution in [-0.4, -0.2) is 7.11 Å². The van der Waals surface area contributed by atoms with E-state index < -0.39 is 0 Å². The van der Waals surface area contributed by atoms with Gasteiger partial charge in [0.05, 0.1) is 5.38 Å². The summed E-state index contributed by atoms with van der Waals surface area (Å²) >= 11 is 1.71. The van der Waals surface area contributed by atoms with Crippen LogP contribution in [0.1, 0.15) is 11.9 Å². The number of aromatic nitrogens is 1. The van der Waals surface area contributed by atoms with Gasteiger partial charge in [0.1, 0.15) is 7.11 Å². The van der Waals surface area contributed by atoms with Crippen LogP contribution in [0.3, 0.4) is 0 Å². The highest BCUT2D eigenvalue weighted by Gasteiger charge is 2.08. The van der Waals surface area contributed by atoms with Crippen molar-refractivity contribution in [3.05, 3.63) is 16.6 Å². The fourth-order valence-electron chi connectivity index (χ4n) is 0.701. The highest BCUT2D eigenvalue weighted by molar-refractivity contribution is 7.09. The SMILES string of the molecule is CCc1scc[n+]1OC. The molecule has 9 heavy (non-hydrogen) atoms. The molecular weight excluding hydrogens is 134 g/mol. The van der Waals surface area contributed by atoms with Gasteiger partial charge in [0.25, 0.3) is 5.01 Å². The van der Waals surface area contributed by atoms with E-state index in [1.54, 1.807) is 23.2 Å². The first-order chi connectivity index (χ1) is 4.38. The van der Waals surface area contributed by atoms with Gasteiger partial charge in [-0.05, 0) is 0 Å². The van der Waals surface area contributed by atoms with Crippen LogP contribution >= 0.6 is 11.3 Å². The van der Waals surface area contributed by atoms with Crippen LogP contribution < -0.4 is 9.57 Å². The number of thiazole rings is 1. The molecule has 0 aliphatic heterocycles. The Morgan fingerprint density at radius 2 is 2.56 bits per heavy atom. The second-order valence-electron chi connectivity index (χ2n) is 1.66. The molecule has 1 heterocycles. The second kappa shape index (κ2) is 2.82. The van der Waals surface area contributed by atoms with Gasteiger partial charge in [-0.15, -0.1) is 0 Å². The van der Waals surface area contributed by atoms with Gasteiger partial charge in [-0.1, -0.05) is 18.3 Å². The fraction of sp³-hybridized carbons (Fsp3) is 0.500. The minimum Gasteiger partial charge on any atom is -0.274 e. The van der Waals surface area contributed by atoms with Gasteiger partial charge in [0.15, 0.2) is 0 Å². The molecule has 0 fully saturated rings. The van der Waals surface area contributed by atoms with Crippen LogP contribution in [0, 0.1) is 0 Å². The molecule has 1 aromatic heterocycles. The summed E-state index contributed by atoms with van der Waals surface area (Å²) in [7, 11) is 1.67. The Kier molecular flexibility index (Phi) is 2.05. The summed E-state index contributed by atoms with van der Waals surface area (Å²) in [4.78, 5) is 5.00. The summed E-state index contributed by atoms with van der Waals surface area (Å²) in [5.74, 6) is 0. The van der Waals surface area contributed by atoms with E-state index in [1.165, 1.54) is 5.01 Å². The number of hydrogen-bond donors (Lipinski definition) is 0. The Hall–Kier alpha value is -0.570. The van der Waals surface area contributed by atoms with E-state index in [-0.39, 0.29) is 0 Å². The molecule has 0 atom stereocenters. The molecule has 1 rings (SSSR count). The van der Waals surface area contributed by atoms with Gasteiger partial charge in [0, 0.05) is 11.2 Å². The minimum atomic E-state index is 1.03. The van der Waals surface area contributed by atoms with Gasteiger partial charge in [-0.25, -0.2) is 0 Å². The maximum atomic E-state index is 5.00. The maximum Gasteiger partial charge on any atom is 0.288 e. The quantitative estimate of drug-likeness (QED) is 0.556. The minimum absolute atomic E-state index is 1.03. The molecule has 0 aliphatic rings. The number of hydrogen-bond acceptors (Lipinski definition) is 2. The molecule has 0 aliphatic carbocycles. The third-order valence-corrected chi connectivity index (χ3v) is 2.14. The van der Waals surface area contributed by atoms with Gasteiger partial charge in [-0.2, -0.15) is 0 Å². The zero-order valence-corrected chi connectivity index (χ0v) is 6.44. The lowest BCUT2D eigenvalue weighted by molar-refractivity contribution is -0.886. The molecule has 0 radical (unpaired) electrons. The molecule has 1 aromatic rings. The molecular formula is C6H10NOS+. The van der Waals surface area contributed by atoms with E-state index in [1.807, 2.05) is 11.6 Å². The first-order valence-corrected chi connectivity index (χ1v) is 3.79. The van der Waals surface area contributed by atoms with Crippen molar-refractivity contribution in [2.75, 3.05) is 7.11 Å². The zero-order chi connectivity index (χ0) is 6.69. The number of aryl methyl sites for hydroxylation is 1. The van der Waals surface area contributed by atoms with Crippen LogP contribution in [0.2, 0.25) is 0 Å². The summed E-state index contributed by atoms with van der Waals surface area (Å²) in [6.45, 7) is 2.11. The lowest BCUT2D eigenvalue weighted by atomic mass is 10.5. The molecule has 50 valence electrons. The Balaban J connectivity index is 2.85. The summed E-state index contributed by atoms with van der Waals surface area (Å²) in [5, 5.41) is 3.26. The normalized spacial score (nSPS) is 9.56. The standard InChI is InChI=1S/C6H10NOS/c1-3-6-7(8-2)4-5-9-6/h4-5H,3H2,1-2H3/q+1. The third kappa shape index (κ3) is 1.21. The second-order valence-corrected chi connectivity index (χ2v) is 2.64. The molecule has 0 spiro atoms. The topological polar surface area (TPSA) is 13.1 Å². The van der Waals surface area contributed by atoms with E-state index in [2.05, 4.69) is 6.92 Å². The van der Waals surface area contributed by atoms with Crippen molar-refractivity contribution in [1.82, 2.24) is 0 Å². The van der Waals surface area contributed by atoms with E-state index >= 15 is 0 Å². The predicted octanol–water partition coefficient (Wildman–Crippen LogP) is 0.656. The first kappa shape index (κ1) is 6.55. The number of rotatable bonds is 2. The lowest BCUT2D eigenvalue weighted by Crippen LogP contribution is -2.41. The van der Waals surface area contributed by atoms with Crippen molar-refractivity contribution in [3.8, 4) is 0 Å². The van der Waals surface area contributed by atoms with E-state index in [0.717, 1.165) is 6.42 Å². The summed E-state index contributed by atoms with van der Waals surface area (Å²) in [6.07, 6.45) is 2.95. The summed E-state index contributed by atoms with van der Waals surface area (Å²) in [5.41, 5.74) is 0. The van der Waals surface area contributed by atoms with Gasteiger partial charge in [0.2, 0.25) is 6.20 Å². The average molecular weight is 144 g/mol. The van der Waals surface area contributed by atoms with Crippen molar-refractivity contribution in [3.63, 3.8) is 0 Å². The van der Waals surface area contributed by atoms with E-state index in [9.17, 15) is 0 Å². The van der Waals surface area contributed by atoms with Crippen molar-refractivity contribution in [2.24, 2.45) is 0 Å². The van der Waals surface area contributed by atoms with Gasteiger partial charge >= 0.3 is 0 Å². The van der Waals surface area contributed by atoms with Crippen LogP contribution in [0.4, 0.5) is 0 Å². The van der Waals surface area contributed by atoms with Crippen LogP contribution in [0.15, 0.2) is 11.6 Å². The molecule has 0 bridgehead atoms. The smallest absolute Gasteiger partial charge is 0.274 e. The molecule has 2 nitrogen and oxygen atoms in total. The average Bonchev–Trinajstić information content (AvgIpc) is 2.33. The highest BCUT2D eigenvalue weighted by Crippen LogP contribution is 2.00. The van der Waals surface area contributed by atoms with Crippen molar-refractivity contribution in [1.29, 1.82) is 0 Å². The first-order valence-electron chi connectivity index (χ1n) is 2.91. The fourth-order valence-corrected chi connectivity index (χ4v) is 1.44. The van der Waals surface area contributed by atoms with Gasteiger partial charge in [-0.3, -0.25) is 4.84 Å². The van der Waals surface area contributed by atoms with E-state index in [4.69, 9.17) is 4.84 Å². The van der Waals surface area contributed by atoms with Crippen LogP contribution in [0.25, 0.3) is 0 Å². The van der Waals surface area contributed by atoms with Crippen molar-refractivity contribution in [2.45, 2.75) is 13.3 Å². The van der Waals surface area contributed by atoms with Crippen molar-refractivity contribution < 1.29 is 9.57 Å². The summed E-state index contributed by atoms with van der Waals surface area (Å²) < 4.78 is 1.78. The summed E-state index contributed by atoms with van der Waals surface area (Å²) in [6, 6.07) is 0. The molecule has 0 saturated carbocycles. The van der Waals surface area contributed by atoms with Crippen LogP contribution in [-0.2, 0) is 6.42 Å². The van der Waals surface area contributed by atoms with Crippen LogP contribution in [0.5, 0.6) is 0 Å². The molecule has 0 unspecified atom stereocenters. The Bertz CT molecular complexity index is 166. The molecule has 0 N–H and O–H groups in total. The zero-order valence-electron chi connectivity index (χ0n) is 5.63. The third-order valence-electron chi connectivity index (χ3n) is 1.15. The molecule has 0 amide bonds. The predicted molar refractivity (Wildman–Crippen MR) is 36.4 cm³/mol. The highest BCUT2D eigenvalue weighted by atomic mass is 32.1. The molecule has 0 aromatic carbocycles. The largest absolute Gasteiger partial charge is 0.288 e. The van der Waals surface area contributed by atoms with Crippen molar-refractivity contribution >= 4 is 11.3 Å². The van der Waals surface area contributed by atoms with E-state index in [0.29, 0.717) is 0 Å². The molecule has 0 saturated heterocycles. The lowest BCUT2D eigenvalue weighted by Gasteiger charge is -1.86. The maximum absolute atomic E-state index is 5.00. The Morgan fingerprint density at radius 3 is 3.00 bits per heavy atom. The number of nitrogens with zero attached hydrogens (tertiary/aromatic N) is 1. The van der Waals surface area contributed by atoms with Gasteiger partial charge < -0.3 is 0 Å². The Labute approximate surface area is 58.7 Å². The monoisotopic (exact) mass is 144 g/mol.